The number of rotatable bonds is 3. The number of piperidine rings is 1. The van der Waals surface area contributed by atoms with Crippen LogP contribution in [0.15, 0.2) is 22.7 Å². The molecule has 1 unspecified atom stereocenters. The molecular weight excluding hydrogens is 295 g/mol. The zero-order chi connectivity index (χ0) is 15.6. The predicted octanol–water partition coefficient (Wildman–Crippen LogP) is 3.72. The Kier molecular flexibility index (Phi) is 4.31. The lowest BCUT2D eigenvalue weighted by Gasteiger charge is -2.34. The van der Waals surface area contributed by atoms with Crippen molar-refractivity contribution < 1.29 is 13.7 Å². The van der Waals surface area contributed by atoms with Crippen molar-refractivity contribution in [2.45, 2.75) is 44.1 Å². The van der Waals surface area contributed by atoms with Gasteiger partial charge in [0.25, 0.3) is 0 Å². The zero-order valence-electron chi connectivity index (χ0n) is 13.3. The third-order valence-electron chi connectivity index (χ3n) is 5.17. The standard InChI is InChI=1S/C18H23FN2O2/c19-14-4-5-16-17(11-14)23-20-18(16)13-6-8-21(9-7-13)12-15-3-1-2-10-22-15/h4-5,11,13,15H,1-3,6-10,12H2. The molecule has 4 rings (SSSR count). The molecule has 124 valence electrons. The van der Waals surface area contributed by atoms with Crippen LogP contribution in [-0.4, -0.2) is 42.4 Å². The topological polar surface area (TPSA) is 38.5 Å². The Bertz CT molecular complexity index is 658. The molecule has 0 N–H and O–H groups in total. The maximum atomic E-state index is 13.3. The van der Waals surface area contributed by atoms with Crippen molar-refractivity contribution >= 4 is 11.0 Å². The molecule has 3 heterocycles. The van der Waals surface area contributed by atoms with Crippen LogP contribution in [0.3, 0.4) is 0 Å². The number of hydrogen-bond acceptors (Lipinski definition) is 4. The van der Waals surface area contributed by atoms with Gasteiger partial charge in [-0.1, -0.05) is 5.16 Å². The molecule has 0 radical (unpaired) electrons. The summed E-state index contributed by atoms with van der Waals surface area (Å²) in [5.74, 6) is 0.132. The molecule has 0 bridgehead atoms. The van der Waals surface area contributed by atoms with E-state index in [1.165, 1.54) is 31.4 Å². The summed E-state index contributed by atoms with van der Waals surface area (Å²) in [5.41, 5.74) is 1.55. The SMILES string of the molecule is Fc1ccc2c(C3CCN(CC4CCCCO4)CC3)noc2c1. The summed E-state index contributed by atoms with van der Waals surface area (Å²) in [6.45, 7) is 4.11. The molecule has 1 aromatic carbocycles. The van der Waals surface area contributed by atoms with Crippen LogP contribution in [0.2, 0.25) is 0 Å². The first-order valence-electron chi connectivity index (χ1n) is 8.68. The summed E-state index contributed by atoms with van der Waals surface area (Å²) in [7, 11) is 0. The highest BCUT2D eigenvalue weighted by Crippen LogP contribution is 2.33. The number of aromatic nitrogens is 1. The van der Waals surface area contributed by atoms with Crippen molar-refractivity contribution in [1.82, 2.24) is 10.1 Å². The van der Waals surface area contributed by atoms with Gasteiger partial charge in [-0.2, -0.15) is 0 Å². The summed E-state index contributed by atoms with van der Waals surface area (Å²) in [6.07, 6.45) is 6.26. The minimum atomic E-state index is -0.275. The largest absolute Gasteiger partial charge is 0.377 e. The van der Waals surface area contributed by atoms with Crippen LogP contribution in [0.1, 0.15) is 43.7 Å². The van der Waals surface area contributed by atoms with Crippen LogP contribution in [0.4, 0.5) is 4.39 Å². The van der Waals surface area contributed by atoms with Crippen LogP contribution >= 0.6 is 0 Å². The van der Waals surface area contributed by atoms with Crippen LogP contribution in [0.5, 0.6) is 0 Å². The molecule has 1 atom stereocenters. The van der Waals surface area contributed by atoms with Crippen LogP contribution in [-0.2, 0) is 4.74 Å². The normalized spacial score (nSPS) is 24.3. The molecule has 5 heteroatoms. The second kappa shape index (κ2) is 6.57. The molecule has 1 aromatic heterocycles. The Hall–Kier alpha value is -1.46. The van der Waals surface area contributed by atoms with Gasteiger partial charge in [0.05, 0.1) is 11.8 Å². The number of benzene rings is 1. The second-order valence-electron chi connectivity index (χ2n) is 6.77. The van der Waals surface area contributed by atoms with Gasteiger partial charge in [0, 0.05) is 30.5 Å². The first-order valence-corrected chi connectivity index (χ1v) is 8.68. The zero-order valence-corrected chi connectivity index (χ0v) is 13.3. The van der Waals surface area contributed by atoms with E-state index >= 15 is 0 Å². The maximum Gasteiger partial charge on any atom is 0.170 e. The number of halogens is 1. The minimum absolute atomic E-state index is 0.275. The molecule has 0 spiro atoms. The molecule has 0 amide bonds. The Labute approximate surface area is 135 Å². The van der Waals surface area contributed by atoms with E-state index in [2.05, 4.69) is 10.1 Å². The lowest BCUT2D eigenvalue weighted by Crippen LogP contribution is -2.40. The van der Waals surface area contributed by atoms with E-state index in [1.807, 2.05) is 0 Å². The van der Waals surface area contributed by atoms with Gasteiger partial charge in [0.15, 0.2) is 5.58 Å². The Morgan fingerprint density at radius 2 is 2.04 bits per heavy atom. The van der Waals surface area contributed by atoms with Crippen LogP contribution < -0.4 is 0 Å². The maximum absolute atomic E-state index is 13.3. The summed E-state index contributed by atoms with van der Waals surface area (Å²) in [6, 6.07) is 4.69. The number of likely N-dealkylation sites (tertiary alicyclic amines) is 1. The molecule has 23 heavy (non-hydrogen) atoms. The highest BCUT2D eigenvalue weighted by Gasteiger charge is 2.27. The number of hydrogen-bond donors (Lipinski definition) is 0. The summed E-state index contributed by atoms with van der Waals surface area (Å²) >= 11 is 0. The van der Waals surface area contributed by atoms with Crippen LogP contribution in [0, 0.1) is 5.82 Å². The Morgan fingerprint density at radius 1 is 1.17 bits per heavy atom. The van der Waals surface area contributed by atoms with Gasteiger partial charge in [0.2, 0.25) is 0 Å². The number of ether oxygens (including phenoxy) is 1. The van der Waals surface area contributed by atoms with Crippen molar-refractivity contribution in [1.29, 1.82) is 0 Å². The van der Waals surface area contributed by atoms with E-state index in [0.29, 0.717) is 17.6 Å². The highest BCUT2D eigenvalue weighted by atomic mass is 19.1. The van der Waals surface area contributed by atoms with E-state index in [1.54, 1.807) is 6.07 Å². The number of nitrogens with zero attached hydrogens (tertiary/aromatic N) is 2. The van der Waals surface area contributed by atoms with Gasteiger partial charge in [-0.05, 0) is 57.3 Å². The average molecular weight is 318 g/mol. The Morgan fingerprint density at radius 3 is 2.83 bits per heavy atom. The third-order valence-corrected chi connectivity index (χ3v) is 5.17. The first kappa shape index (κ1) is 15.1. The van der Waals surface area contributed by atoms with Crippen molar-refractivity contribution in [3.05, 3.63) is 29.7 Å². The average Bonchev–Trinajstić information content (AvgIpc) is 2.99. The lowest BCUT2D eigenvalue weighted by molar-refractivity contribution is -0.00958. The smallest absolute Gasteiger partial charge is 0.170 e. The summed E-state index contributed by atoms with van der Waals surface area (Å²) in [4.78, 5) is 2.51. The highest BCUT2D eigenvalue weighted by molar-refractivity contribution is 5.79. The van der Waals surface area contributed by atoms with Gasteiger partial charge >= 0.3 is 0 Å². The molecule has 2 aliphatic rings. The van der Waals surface area contributed by atoms with E-state index in [-0.39, 0.29) is 5.82 Å². The van der Waals surface area contributed by atoms with E-state index in [4.69, 9.17) is 9.26 Å². The minimum Gasteiger partial charge on any atom is -0.377 e. The fourth-order valence-electron chi connectivity index (χ4n) is 3.85. The van der Waals surface area contributed by atoms with Gasteiger partial charge < -0.3 is 14.2 Å². The third kappa shape index (κ3) is 3.26. The molecule has 2 aliphatic heterocycles. The van der Waals surface area contributed by atoms with Gasteiger partial charge in [0.1, 0.15) is 5.82 Å². The van der Waals surface area contributed by atoms with Crippen molar-refractivity contribution in [2.24, 2.45) is 0 Å². The van der Waals surface area contributed by atoms with Crippen molar-refractivity contribution in [3.63, 3.8) is 0 Å². The van der Waals surface area contributed by atoms with Crippen molar-refractivity contribution in [2.75, 3.05) is 26.2 Å². The molecule has 4 nitrogen and oxygen atoms in total. The molecule has 2 fully saturated rings. The molecule has 0 saturated carbocycles. The summed E-state index contributed by atoms with van der Waals surface area (Å²) < 4.78 is 24.4. The fourth-order valence-corrected chi connectivity index (χ4v) is 3.85. The molecule has 2 aromatic rings. The molecule has 0 aliphatic carbocycles. The summed E-state index contributed by atoms with van der Waals surface area (Å²) in [5, 5.41) is 5.17. The first-order chi connectivity index (χ1) is 11.3. The Balaban J connectivity index is 1.38. The van der Waals surface area contributed by atoms with Gasteiger partial charge in [-0.25, -0.2) is 4.39 Å². The van der Waals surface area contributed by atoms with E-state index in [0.717, 1.165) is 50.2 Å². The van der Waals surface area contributed by atoms with Crippen molar-refractivity contribution in [3.8, 4) is 0 Å². The monoisotopic (exact) mass is 318 g/mol. The predicted molar refractivity (Wildman–Crippen MR) is 86.0 cm³/mol. The second-order valence-corrected chi connectivity index (χ2v) is 6.77. The lowest BCUT2D eigenvalue weighted by atomic mass is 9.91. The quantitative estimate of drug-likeness (QED) is 0.864. The van der Waals surface area contributed by atoms with E-state index < -0.39 is 0 Å². The van der Waals surface area contributed by atoms with Gasteiger partial charge in [-0.3, -0.25) is 0 Å². The van der Waals surface area contributed by atoms with E-state index in [9.17, 15) is 4.39 Å². The van der Waals surface area contributed by atoms with Crippen LogP contribution in [0.25, 0.3) is 11.0 Å². The molecular formula is C18H23FN2O2. The van der Waals surface area contributed by atoms with Gasteiger partial charge in [-0.15, -0.1) is 0 Å². The number of fused-ring (bicyclic) bond motifs is 1. The fraction of sp³-hybridized carbons (Fsp3) is 0.611. The molecule has 2 saturated heterocycles.